The van der Waals surface area contributed by atoms with Crippen LogP contribution in [0.25, 0.3) is 0 Å². The number of anilines is 1. The van der Waals surface area contributed by atoms with Crippen LogP contribution in [0.15, 0.2) is 40.6 Å². The van der Waals surface area contributed by atoms with Crippen molar-refractivity contribution < 1.29 is 17.9 Å². The first kappa shape index (κ1) is 19.2. The zero-order valence-electron chi connectivity index (χ0n) is 14.1. The molecule has 1 aliphatic heterocycles. The van der Waals surface area contributed by atoms with Crippen LogP contribution >= 0.6 is 22.9 Å². The molecule has 1 amide bonds. The summed E-state index contributed by atoms with van der Waals surface area (Å²) in [5, 5.41) is 2.80. The van der Waals surface area contributed by atoms with Gasteiger partial charge < -0.3 is 10.1 Å². The fourth-order valence-electron chi connectivity index (χ4n) is 2.93. The summed E-state index contributed by atoms with van der Waals surface area (Å²) in [6.07, 6.45) is 2.00. The predicted octanol–water partition coefficient (Wildman–Crippen LogP) is 3.59. The molecule has 6 nitrogen and oxygen atoms in total. The molecule has 2 aromatic rings. The molecule has 1 fully saturated rings. The Morgan fingerprint density at radius 2 is 2.12 bits per heavy atom. The molecule has 0 radical (unpaired) electrons. The van der Waals surface area contributed by atoms with Crippen LogP contribution in [-0.2, 0) is 14.8 Å². The van der Waals surface area contributed by atoms with Gasteiger partial charge in [-0.2, -0.15) is 4.31 Å². The van der Waals surface area contributed by atoms with Crippen molar-refractivity contribution in [2.45, 2.75) is 29.5 Å². The minimum Gasteiger partial charge on any atom is -0.497 e. The quantitative estimate of drug-likeness (QED) is 0.811. The summed E-state index contributed by atoms with van der Waals surface area (Å²) in [4.78, 5) is 12.8. The summed E-state index contributed by atoms with van der Waals surface area (Å²) in [5.74, 6) is 0.272. The third kappa shape index (κ3) is 4.03. The Morgan fingerprint density at radius 3 is 2.81 bits per heavy atom. The van der Waals surface area contributed by atoms with Crippen molar-refractivity contribution in [2.75, 3.05) is 19.0 Å². The van der Waals surface area contributed by atoms with Gasteiger partial charge in [-0.3, -0.25) is 4.79 Å². The number of hydrogen-bond acceptors (Lipinski definition) is 5. The van der Waals surface area contributed by atoms with Crippen molar-refractivity contribution in [2.24, 2.45) is 0 Å². The van der Waals surface area contributed by atoms with Crippen LogP contribution in [0.3, 0.4) is 0 Å². The first-order valence-corrected chi connectivity index (χ1v) is 10.8. The number of ether oxygens (including phenoxy) is 1. The topological polar surface area (TPSA) is 75.7 Å². The summed E-state index contributed by atoms with van der Waals surface area (Å²) >= 11 is 6.88. The molecule has 0 spiro atoms. The highest BCUT2D eigenvalue weighted by Gasteiger charge is 2.38. The molecule has 0 saturated carbocycles. The van der Waals surface area contributed by atoms with Crippen LogP contribution in [0.1, 0.15) is 19.3 Å². The molecule has 1 saturated heterocycles. The number of sulfonamides is 1. The van der Waals surface area contributed by atoms with Gasteiger partial charge in [-0.25, -0.2) is 8.42 Å². The van der Waals surface area contributed by atoms with Crippen molar-refractivity contribution in [3.63, 3.8) is 0 Å². The molecule has 1 aliphatic rings. The van der Waals surface area contributed by atoms with Crippen LogP contribution in [0, 0.1) is 0 Å². The largest absolute Gasteiger partial charge is 0.497 e. The summed E-state index contributed by atoms with van der Waals surface area (Å²) in [6, 6.07) is 9.24. The van der Waals surface area contributed by atoms with Crippen molar-refractivity contribution in [3.05, 3.63) is 40.7 Å². The minimum atomic E-state index is -3.76. The molecule has 3 rings (SSSR count). The maximum absolute atomic E-state index is 12.9. The van der Waals surface area contributed by atoms with E-state index in [0.29, 0.717) is 28.7 Å². The Kier molecular flexibility index (Phi) is 5.86. The standard InChI is InChI=1S/C17H19ClN2O4S2/c1-24-13-6-4-5-12(11-13)19-17(21)14-7-2-3-10-20(14)26(22,23)16-9-8-15(18)25-16/h4-6,8-9,11,14H,2-3,7,10H2,1H3,(H,19,21). The van der Waals surface area contributed by atoms with Gasteiger partial charge in [0, 0.05) is 18.3 Å². The van der Waals surface area contributed by atoms with Gasteiger partial charge in [-0.15, -0.1) is 11.3 Å². The number of rotatable bonds is 5. The molecular formula is C17H19ClN2O4S2. The number of methoxy groups -OCH3 is 1. The van der Waals surface area contributed by atoms with Gasteiger partial charge in [0.15, 0.2) is 0 Å². The number of benzene rings is 1. The van der Waals surface area contributed by atoms with E-state index in [1.807, 2.05) is 0 Å². The minimum absolute atomic E-state index is 0.156. The Hall–Kier alpha value is -1.61. The number of nitrogens with one attached hydrogen (secondary N) is 1. The van der Waals surface area contributed by atoms with Gasteiger partial charge in [-0.05, 0) is 37.1 Å². The van der Waals surface area contributed by atoms with Gasteiger partial charge in [0.25, 0.3) is 10.0 Å². The number of carbonyl (C=O) groups excluding carboxylic acids is 1. The van der Waals surface area contributed by atoms with Crippen LogP contribution in [-0.4, -0.2) is 38.3 Å². The number of thiophene rings is 1. The van der Waals surface area contributed by atoms with E-state index >= 15 is 0 Å². The molecule has 0 bridgehead atoms. The molecule has 1 N–H and O–H groups in total. The highest BCUT2D eigenvalue weighted by atomic mass is 35.5. The van der Waals surface area contributed by atoms with E-state index in [1.54, 1.807) is 37.4 Å². The van der Waals surface area contributed by atoms with Crippen LogP contribution < -0.4 is 10.1 Å². The van der Waals surface area contributed by atoms with Crippen molar-refractivity contribution in [1.29, 1.82) is 0 Å². The van der Waals surface area contributed by atoms with Crippen molar-refractivity contribution in [3.8, 4) is 5.75 Å². The molecule has 0 aliphatic carbocycles. The Bertz CT molecular complexity index is 898. The highest BCUT2D eigenvalue weighted by molar-refractivity contribution is 7.91. The number of halogens is 1. The second kappa shape index (κ2) is 7.96. The van der Waals surface area contributed by atoms with E-state index in [0.717, 1.165) is 24.2 Å². The lowest BCUT2D eigenvalue weighted by Crippen LogP contribution is -2.49. The summed E-state index contributed by atoms with van der Waals surface area (Å²) in [7, 11) is -2.21. The highest BCUT2D eigenvalue weighted by Crippen LogP contribution is 2.32. The first-order chi connectivity index (χ1) is 12.4. The SMILES string of the molecule is COc1cccc(NC(=O)C2CCCCN2S(=O)(=O)c2ccc(Cl)s2)c1. The van der Waals surface area contributed by atoms with Gasteiger partial charge in [-0.1, -0.05) is 24.1 Å². The van der Waals surface area contributed by atoms with Crippen molar-refractivity contribution in [1.82, 2.24) is 4.31 Å². The monoisotopic (exact) mass is 414 g/mol. The van der Waals surface area contributed by atoms with Crippen molar-refractivity contribution >= 4 is 44.6 Å². The number of piperidine rings is 1. The molecule has 26 heavy (non-hydrogen) atoms. The van der Waals surface area contributed by atoms with Gasteiger partial charge in [0.1, 0.15) is 16.0 Å². The average Bonchev–Trinajstić information content (AvgIpc) is 3.09. The molecule has 140 valence electrons. The van der Waals surface area contributed by atoms with E-state index in [-0.39, 0.29) is 10.1 Å². The maximum atomic E-state index is 12.9. The third-order valence-electron chi connectivity index (χ3n) is 4.21. The Labute approximate surface area is 161 Å². The molecule has 1 aromatic heterocycles. The van der Waals surface area contributed by atoms with E-state index in [1.165, 1.54) is 10.4 Å². The number of nitrogens with zero attached hydrogens (tertiary/aromatic N) is 1. The van der Waals surface area contributed by atoms with E-state index in [4.69, 9.17) is 16.3 Å². The predicted molar refractivity (Wildman–Crippen MR) is 102 cm³/mol. The lowest BCUT2D eigenvalue weighted by atomic mass is 10.0. The van der Waals surface area contributed by atoms with Gasteiger partial charge in [0.2, 0.25) is 5.91 Å². The summed E-state index contributed by atoms with van der Waals surface area (Å²) in [6.45, 7) is 0.314. The zero-order chi connectivity index (χ0) is 18.7. The van der Waals surface area contributed by atoms with Gasteiger partial charge >= 0.3 is 0 Å². The molecule has 2 heterocycles. The van der Waals surface area contributed by atoms with E-state index in [9.17, 15) is 13.2 Å². The Morgan fingerprint density at radius 1 is 1.31 bits per heavy atom. The number of carbonyl (C=O) groups is 1. The average molecular weight is 415 g/mol. The molecular weight excluding hydrogens is 396 g/mol. The zero-order valence-corrected chi connectivity index (χ0v) is 16.5. The molecule has 9 heteroatoms. The first-order valence-electron chi connectivity index (χ1n) is 8.14. The fraction of sp³-hybridized carbons (Fsp3) is 0.353. The smallest absolute Gasteiger partial charge is 0.253 e. The summed E-state index contributed by atoms with van der Waals surface area (Å²) in [5.41, 5.74) is 0.566. The number of hydrogen-bond donors (Lipinski definition) is 1. The van der Waals surface area contributed by atoms with E-state index < -0.39 is 16.1 Å². The normalized spacial score (nSPS) is 18.5. The lowest BCUT2D eigenvalue weighted by Gasteiger charge is -2.33. The van der Waals surface area contributed by atoms with Crippen LogP contribution in [0.2, 0.25) is 4.34 Å². The maximum Gasteiger partial charge on any atom is 0.253 e. The van der Waals surface area contributed by atoms with Crippen LogP contribution in [0.5, 0.6) is 5.75 Å². The second-order valence-corrected chi connectivity index (χ2v) is 9.74. The molecule has 1 unspecified atom stereocenters. The van der Waals surface area contributed by atoms with Crippen LogP contribution in [0.4, 0.5) is 5.69 Å². The molecule has 1 atom stereocenters. The number of amides is 1. The molecule has 1 aromatic carbocycles. The summed E-state index contributed by atoms with van der Waals surface area (Å²) < 4.78 is 32.9. The Balaban J connectivity index is 1.83. The lowest BCUT2D eigenvalue weighted by molar-refractivity contribution is -0.120. The third-order valence-corrected chi connectivity index (χ3v) is 7.81. The fourth-order valence-corrected chi connectivity index (χ4v) is 6.20. The second-order valence-electron chi connectivity index (χ2n) is 5.91. The van der Waals surface area contributed by atoms with Gasteiger partial charge in [0.05, 0.1) is 11.4 Å². The van der Waals surface area contributed by atoms with E-state index in [2.05, 4.69) is 5.32 Å².